The lowest BCUT2D eigenvalue weighted by atomic mass is 9.90. The predicted molar refractivity (Wildman–Crippen MR) is 378 cm³/mol. The predicted octanol–water partition coefficient (Wildman–Crippen LogP) is 6.86. The second-order valence-corrected chi connectivity index (χ2v) is 29.7. The molecule has 1 saturated carbocycles. The van der Waals surface area contributed by atoms with Crippen molar-refractivity contribution in [3.05, 3.63) is 69.7 Å². The number of rotatable bonds is 14. The van der Waals surface area contributed by atoms with E-state index in [2.05, 4.69) is 16.0 Å². The smallest absolute Gasteiger partial charge is 0.343 e. The summed E-state index contributed by atoms with van der Waals surface area (Å²) < 4.78 is 83.3. The first kappa shape index (κ1) is 84.2. The number of nitrogens with zero attached hydrogens (tertiary/aromatic N) is 9. The molecule has 4 heterocycles. The fourth-order valence-electron chi connectivity index (χ4n) is 14.9. The highest BCUT2D eigenvalue weighted by atomic mass is 35.5. The Morgan fingerprint density at radius 2 is 1.22 bits per heavy atom. The summed E-state index contributed by atoms with van der Waals surface area (Å²) in [6.45, 7) is 10.3. The number of nitrogens with one attached hydrogen (secondary N) is 3. The molecular formula is C74H105ClF6N12O12. The molecule has 0 unspecified atom stereocenters. The van der Waals surface area contributed by atoms with Gasteiger partial charge in [0.15, 0.2) is 0 Å². The van der Waals surface area contributed by atoms with Crippen LogP contribution in [-0.4, -0.2) is 250 Å². The van der Waals surface area contributed by atoms with Gasteiger partial charge in [-0.05, 0) is 118 Å². The van der Waals surface area contributed by atoms with Gasteiger partial charge in [0.2, 0.25) is 70.9 Å². The van der Waals surface area contributed by atoms with E-state index in [0.717, 1.165) is 63.6 Å². The number of fused-ring (bicyclic) bond motifs is 2. The van der Waals surface area contributed by atoms with Crippen molar-refractivity contribution in [2.75, 3.05) is 75.0 Å². The van der Waals surface area contributed by atoms with Crippen LogP contribution in [0.15, 0.2) is 42.5 Å². The minimum atomic E-state index is -4.81. The second-order valence-electron chi connectivity index (χ2n) is 29.3. The molecule has 0 bridgehead atoms. The average molecular weight is 1500 g/mol. The summed E-state index contributed by atoms with van der Waals surface area (Å²) in [6.07, 6.45) is -5.55. The van der Waals surface area contributed by atoms with E-state index >= 15 is 24.0 Å². The van der Waals surface area contributed by atoms with Gasteiger partial charge in [-0.3, -0.25) is 57.5 Å². The normalized spacial score (nSPS) is 26.2. The highest BCUT2D eigenvalue weighted by Crippen LogP contribution is 2.38. The van der Waals surface area contributed by atoms with Crippen molar-refractivity contribution >= 4 is 82.5 Å². The summed E-state index contributed by atoms with van der Waals surface area (Å²) in [5, 5.41) is 7.91. The lowest BCUT2D eigenvalue weighted by Crippen LogP contribution is -2.65. The van der Waals surface area contributed by atoms with Crippen LogP contribution in [0, 0.1) is 11.8 Å². The third-order valence-electron chi connectivity index (χ3n) is 22.3. The quantitative estimate of drug-likeness (QED) is 0.129. The molecule has 105 heavy (non-hydrogen) atoms. The van der Waals surface area contributed by atoms with Crippen molar-refractivity contribution in [3.8, 4) is 0 Å². The van der Waals surface area contributed by atoms with Crippen molar-refractivity contribution in [2.45, 2.75) is 236 Å². The third-order valence-corrected chi connectivity index (χ3v) is 22.6. The van der Waals surface area contributed by atoms with E-state index in [1.807, 2.05) is 13.8 Å². The summed E-state index contributed by atoms with van der Waals surface area (Å²) in [7, 11) is 8.05. The molecule has 3 N–H and O–H groups in total. The molecule has 5 aliphatic rings. The van der Waals surface area contributed by atoms with E-state index in [9.17, 15) is 59.9 Å². The van der Waals surface area contributed by atoms with Gasteiger partial charge in [-0.25, -0.2) is 0 Å². The van der Waals surface area contributed by atoms with E-state index in [4.69, 9.17) is 11.6 Å². The van der Waals surface area contributed by atoms with Crippen molar-refractivity contribution in [1.29, 1.82) is 0 Å². The molecule has 0 radical (unpaired) electrons. The minimum absolute atomic E-state index is 0.0113. The number of hydrogen-bond donors (Lipinski definition) is 3. The Kier molecular flexibility index (Phi) is 28.9. The molecular weight excluding hydrogens is 1400 g/mol. The lowest BCUT2D eigenvalue weighted by Gasteiger charge is -2.45. The van der Waals surface area contributed by atoms with Gasteiger partial charge < -0.3 is 60.0 Å². The first-order chi connectivity index (χ1) is 49.3. The van der Waals surface area contributed by atoms with Gasteiger partial charge >= 0.3 is 12.4 Å². The Morgan fingerprint density at radius 3 is 1.79 bits per heavy atom. The Balaban J connectivity index is 1.31. The molecule has 11 atom stereocenters. The number of likely N-dealkylation sites (N-methyl/N-ethyl adjacent to an activating group) is 6. The van der Waals surface area contributed by atoms with Crippen LogP contribution >= 0.6 is 11.6 Å². The molecule has 2 aromatic rings. The van der Waals surface area contributed by atoms with E-state index < -0.39 is 191 Å². The number of carbonyl (C=O) groups is 12. The van der Waals surface area contributed by atoms with Crippen LogP contribution in [0.3, 0.4) is 0 Å². The van der Waals surface area contributed by atoms with Gasteiger partial charge in [0.25, 0.3) is 0 Å². The van der Waals surface area contributed by atoms with E-state index in [0.29, 0.717) is 64.5 Å². The largest absolute Gasteiger partial charge is 0.417 e. The maximum atomic E-state index is 15.5. The summed E-state index contributed by atoms with van der Waals surface area (Å²) >= 11 is 6.13. The van der Waals surface area contributed by atoms with Crippen molar-refractivity contribution in [2.24, 2.45) is 11.8 Å². The molecule has 4 aliphatic heterocycles. The number of carbonyl (C=O) groups excluding carboxylic acids is 12. The minimum Gasteiger partial charge on any atom is -0.343 e. The van der Waals surface area contributed by atoms with Crippen molar-refractivity contribution in [1.82, 2.24) is 60.0 Å². The summed E-state index contributed by atoms with van der Waals surface area (Å²) in [5.74, 6) is -10.0. The lowest BCUT2D eigenvalue weighted by molar-refractivity contribution is -0.160. The Labute approximate surface area is 616 Å². The third kappa shape index (κ3) is 19.8. The number of alkyl halides is 6. The molecule has 31 heteroatoms. The maximum Gasteiger partial charge on any atom is 0.417 e. The maximum absolute atomic E-state index is 15.5. The van der Waals surface area contributed by atoms with E-state index in [1.165, 1.54) is 73.7 Å². The van der Waals surface area contributed by atoms with Crippen molar-refractivity contribution < 1.29 is 83.9 Å². The molecule has 1 spiro atoms. The van der Waals surface area contributed by atoms with Crippen LogP contribution in [-0.2, 0) is 82.7 Å². The van der Waals surface area contributed by atoms with Gasteiger partial charge in [-0.2, -0.15) is 26.3 Å². The molecule has 582 valence electrons. The zero-order chi connectivity index (χ0) is 77.9. The van der Waals surface area contributed by atoms with Gasteiger partial charge in [0.1, 0.15) is 59.9 Å². The van der Waals surface area contributed by atoms with Crippen LogP contribution in [0.1, 0.15) is 173 Å². The van der Waals surface area contributed by atoms with E-state index in [-0.39, 0.29) is 75.6 Å². The zero-order valence-corrected chi connectivity index (χ0v) is 63.2. The first-order valence-corrected chi connectivity index (χ1v) is 37.1. The number of amides is 12. The fourth-order valence-corrected chi connectivity index (χ4v) is 15.2. The molecule has 5 fully saturated rings. The van der Waals surface area contributed by atoms with Crippen LogP contribution in [0.5, 0.6) is 0 Å². The van der Waals surface area contributed by atoms with Gasteiger partial charge in [0.05, 0.1) is 29.1 Å². The monoisotopic (exact) mass is 1500 g/mol. The highest BCUT2D eigenvalue weighted by Gasteiger charge is 2.52. The molecule has 0 aromatic heterocycles. The number of halogens is 7. The first-order valence-electron chi connectivity index (χ1n) is 36.7. The Hall–Kier alpha value is -8.05. The molecule has 4 saturated heterocycles. The summed E-state index contributed by atoms with van der Waals surface area (Å²) in [5.41, 5.74) is -3.39. The number of likely N-dealkylation sites (tertiary alicyclic amines) is 1. The fraction of sp³-hybridized carbons (Fsp3) is 0.676. The topological polar surface area (TPSA) is 270 Å². The van der Waals surface area contributed by atoms with Crippen LogP contribution in [0.25, 0.3) is 0 Å². The number of hydrogen-bond acceptors (Lipinski definition) is 12. The average Bonchev–Trinajstić information content (AvgIpc) is 1.75. The highest BCUT2D eigenvalue weighted by molar-refractivity contribution is 6.31. The van der Waals surface area contributed by atoms with Gasteiger partial charge in [0, 0.05) is 74.9 Å². The summed E-state index contributed by atoms with van der Waals surface area (Å²) in [4.78, 5) is 191. The molecule has 7 rings (SSSR count). The SMILES string of the molecule is CCCCC[C@H]1C(=O)N[C@@H]([C@@H](C)CC)C(=O)N(C)[C@@H](C)C(=O)N2CC[C@H]2C(=O)N(C)[C@@H](Cc2ccc(C(F)(F)F)cc2)C(=O)N(C)CC(=O)N[C@@H](CCc2ccc(C(F)(F)F)c(Cl)c2)C(=O)N2CCC[C@H]2C(=O)NC2(CCCC2)C(=O)N(C)[C@@H]([C@@H](C)CC)C(=O)N(C)[C@H](C(=O)N2CCCC2)CC(=O)N1C. The zero-order valence-electron chi connectivity index (χ0n) is 62.4. The standard InChI is InChI=1S/C74H105ClF6N12O12/c1-13-16-17-23-53-62(96)83-60(44(4)14-2)69(103)86(8)46(6)64(98)93-39-33-55(93)67(101)88(10)56(41-48-25-29-49(30-26-48)73(76,77)78)66(100)85(7)43-58(94)82-52(32-28-47-27-31-50(51(75)40-47)74(79,80)81)65(99)92-38-22-24-54(92)63(97)84-72(34-18-19-35-72)71(105)90(12)61(45(5)15-3)70(104)89(11)57(42-59(95)87(53)9)68(102)91-36-20-21-37-91/h25-27,29-31,40,44-46,52-57,60-61H,13-24,28,32-39,41-43H2,1-12H3,(H,82,94)(H,83,96)(H,84,97)/t44-,45-,46-,52-,53-,54-,55-,56-,57-,60-,61-/m0/s1. The number of aryl methyl sites for hydroxylation is 1. The number of unbranched alkanes of at least 4 members (excludes halogenated alkanes) is 2. The van der Waals surface area contributed by atoms with Gasteiger partial charge in [-0.1, -0.05) is 109 Å². The summed E-state index contributed by atoms with van der Waals surface area (Å²) in [6, 6.07) is -5.34. The number of benzene rings is 2. The Bertz CT molecular complexity index is 3500. The molecule has 24 nitrogen and oxygen atoms in total. The van der Waals surface area contributed by atoms with Crippen LogP contribution < -0.4 is 16.0 Å². The van der Waals surface area contributed by atoms with E-state index in [1.54, 1.807) is 25.7 Å². The Morgan fingerprint density at radius 1 is 0.600 bits per heavy atom. The van der Waals surface area contributed by atoms with Gasteiger partial charge in [-0.15, -0.1) is 0 Å². The molecule has 12 amide bonds. The van der Waals surface area contributed by atoms with Crippen LogP contribution in [0.4, 0.5) is 26.3 Å². The second kappa shape index (κ2) is 36.0. The molecule has 2 aromatic carbocycles. The molecule has 1 aliphatic carbocycles. The van der Waals surface area contributed by atoms with Crippen LogP contribution in [0.2, 0.25) is 5.02 Å². The van der Waals surface area contributed by atoms with Crippen molar-refractivity contribution in [3.63, 3.8) is 0 Å².